The molecule has 2 rings (SSSR count). The van der Waals surface area contributed by atoms with Crippen molar-refractivity contribution in [3.05, 3.63) is 59.7 Å². The Labute approximate surface area is 124 Å². The number of nitriles is 1. The SMILES string of the molecule is Cc1ccccc1NCC(O)COc1ccccc1C#N. The van der Waals surface area contributed by atoms with Gasteiger partial charge in [-0.3, -0.25) is 0 Å². The molecule has 2 N–H and O–H groups in total. The normalized spacial score (nSPS) is 11.5. The number of anilines is 1. The van der Waals surface area contributed by atoms with Crippen molar-refractivity contribution in [3.63, 3.8) is 0 Å². The highest BCUT2D eigenvalue weighted by Gasteiger charge is 2.08. The van der Waals surface area contributed by atoms with Gasteiger partial charge in [-0.05, 0) is 30.7 Å². The van der Waals surface area contributed by atoms with Gasteiger partial charge in [-0.1, -0.05) is 30.3 Å². The van der Waals surface area contributed by atoms with Crippen molar-refractivity contribution in [2.45, 2.75) is 13.0 Å². The third-order valence-electron chi connectivity index (χ3n) is 3.11. The van der Waals surface area contributed by atoms with Crippen LogP contribution in [0, 0.1) is 18.3 Å². The fourth-order valence-corrected chi connectivity index (χ4v) is 1.93. The molecule has 0 bridgehead atoms. The second-order valence-electron chi connectivity index (χ2n) is 4.77. The molecule has 1 atom stereocenters. The van der Waals surface area contributed by atoms with Crippen LogP contribution in [-0.4, -0.2) is 24.4 Å². The Morgan fingerprint density at radius 3 is 2.67 bits per heavy atom. The van der Waals surface area contributed by atoms with Crippen molar-refractivity contribution >= 4 is 5.69 Å². The third-order valence-corrected chi connectivity index (χ3v) is 3.11. The summed E-state index contributed by atoms with van der Waals surface area (Å²) in [5, 5.41) is 22.1. The van der Waals surface area contributed by atoms with E-state index in [9.17, 15) is 5.11 Å². The lowest BCUT2D eigenvalue weighted by Crippen LogP contribution is -2.26. The van der Waals surface area contributed by atoms with Crippen LogP contribution in [0.3, 0.4) is 0 Å². The molecule has 0 spiro atoms. The Hall–Kier alpha value is -2.51. The molecule has 108 valence electrons. The molecule has 0 aliphatic rings. The van der Waals surface area contributed by atoms with E-state index in [1.54, 1.807) is 24.3 Å². The maximum Gasteiger partial charge on any atom is 0.137 e. The number of aryl methyl sites for hydroxylation is 1. The second kappa shape index (κ2) is 7.32. The molecule has 0 saturated heterocycles. The summed E-state index contributed by atoms with van der Waals surface area (Å²) < 4.78 is 5.50. The number of aliphatic hydroxyl groups is 1. The number of hydrogen-bond donors (Lipinski definition) is 2. The largest absolute Gasteiger partial charge is 0.489 e. The van der Waals surface area contributed by atoms with E-state index in [-0.39, 0.29) is 6.61 Å². The predicted octanol–water partition coefficient (Wildman–Crippen LogP) is 2.72. The molecule has 4 nitrogen and oxygen atoms in total. The number of nitrogens with one attached hydrogen (secondary N) is 1. The molecule has 4 heteroatoms. The van der Waals surface area contributed by atoms with Gasteiger partial charge in [0.1, 0.15) is 24.5 Å². The van der Waals surface area contributed by atoms with E-state index in [1.165, 1.54) is 0 Å². The van der Waals surface area contributed by atoms with Crippen LogP contribution in [0.25, 0.3) is 0 Å². The summed E-state index contributed by atoms with van der Waals surface area (Å²) in [5.74, 6) is 0.495. The van der Waals surface area contributed by atoms with Crippen molar-refractivity contribution in [3.8, 4) is 11.8 Å². The molecule has 0 aliphatic heterocycles. The Kier molecular flexibility index (Phi) is 5.19. The predicted molar refractivity (Wildman–Crippen MR) is 82.3 cm³/mol. The number of ether oxygens (including phenoxy) is 1. The maximum absolute atomic E-state index is 9.96. The fourth-order valence-electron chi connectivity index (χ4n) is 1.93. The highest BCUT2D eigenvalue weighted by Crippen LogP contribution is 2.17. The van der Waals surface area contributed by atoms with Crippen molar-refractivity contribution in [1.29, 1.82) is 5.26 Å². The topological polar surface area (TPSA) is 65.3 Å². The molecule has 2 aromatic rings. The van der Waals surface area contributed by atoms with Crippen LogP contribution >= 0.6 is 0 Å². The van der Waals surface area contributed by atoms with Crippen molar-refractivity contribution in [2.75, 3.05) is 18.5 Å². The van der Waals surface area contributed by atoms with Crippen LogP contribution in [0.15, 0.2) is 48.5 Å². The molecular formula is C17H18N2O2. The summed E-state index contributed by atoms with van der Waals surface area (Å²) in [6.07, 6.45) is -0.656. The van der Waals surface area contributed by atoms with Gasteiger partial charge in [0.25, 0.3) is 0 Å². The van der Waals surface area contributed by atoms with Crippen LogP contribution in [0.5, 0.6) is 5.75 Å². The summed E-state index contributed by atoms with van der Waals surface area (Å²) in [5.41, 5.74) is 2.59. The van der Waals surface area contributed by atoms with Gasteiger partial charge < -0.3 is 15.2 Å². The van der Waals surface area contributed by atoms with E-state index >= 15 is 0 Å². The summed E-state index contributed by atoms with van der Waals surface area (Å²) in [7, 11) is 0. The average molecular weight is 282 g/mol. The Morgan fingerprint density at radius 2 is 1.90 bits per heavy atom. The molecular weight excluding hydrogens is 264 g/mol. The molecule has 0 aliphatic carbocycles. The maximum atomic E-state index is 9.96. The number of aliphatic hydroxyl groups excluding tert-OH is 1. The van der Waals surface area contributed by atoms with Gasteiger partial charge in [-0.2, -0.15) is 5.26 Å². The zero-order chi connectivity index (χ0) is 15.1. The Bertz CT molecular complexity index is 635. The van der Waals surface area contributed by atoms with Crippen LogP contribution in [0.2, 0.25) is 0 Å². The van der Waals surface area contributed by atoms with Gasteiger partial charge in [0, 0.05) is 12.2 Å². The lowest BCUT2D eigenvalue weighted by Gasteiger charge is -2.15. The number of rotatable bonds is 6. The van der Waals surface area contributed by atoms with Crippen LogP contribution in [0.4, 0.5) is 5.69 Å². The molecule has 0 amide bonds. The standard InChI is InChI=1S/C17H18N2O2/c1-13-6-2-4-8-16(13)19-11-15(20)12-21-17-9-5-3-7-14(17)10-18/h2-9,15,19-20H,11-12H2,1H3. The second-order valence-corrected chi connectivity index (χ2v) is 4.77. The first kappa shape index (κ1) is 14.9. The van der Waals surface area contributed by atoms with Crippen LogP contribution in [-0.2, 0) is 0 Å². The van der Waals surface area contributed by atoms with Gasteiger partial charge in [0.2, 0.25) is 0 Å². The minimum absolute atomic E-state index is 0.136. The summed E-state index contributed by atoms with van der Waals surface area (Å²) in [6, 6.07) is 16.9. The zero-order valence-corrected chi connectivity index (χ0v) is 11.9. The number of para-hydroxylation sites is 2. The van der Waals surface area contributed by atoms with Crippen molar-refractivity contribution in [1.82, 2.24) is 0 Å². The lowest BCUT2D eigenvalue weighted by molar-refractivity contribution is 0.117. The first-order chi connectivity index (χ1) is 10.2. The fraction of sp³-hybridized carbons (Fsp3) is 0.235. The van der Waals surface area contributed by atoms with Crippen LogP contribution in [0.1, 0.15) is 11.1 Å². The van der Waals surface area contributed by atoms with Crippen molar-refractivity contribution in [2.24, 2.45) is 0 Å². The van der Waals surface area contributed by atoms with Gasteiger partial charge in [-0.15, -0.1) is 0 Å². The molecule has 0 heterocycles. The molecule has 0 aromatic heterocycles. The average Bonchev–Trinajstić information content (AvgIpc) is 2.52. The quantitative estimate of drug-likeness (QED) is 0.855. The van der Waals surface area contributed by atoms with E-state index in [4.69, 9.17) is 10.00 Å². The van der Waals surface area contributed by atoms with E-state index in [0.717, 1.165) is 11.3 Å². The van der Waals surface area contributed by atoms with Gasteiger partial charge in [0.05, 0.1) is 5.56 Å². The molecule has 2 aromatic carbocycles. The minimum atomic E-state index is -0.656. The monoisotopic (exact) mass is 282 g/mol. The van der Waals surface area contributed by atoms with E-state index in [1.807, 2.05) is 31.2 Å². The third kappa shape index (κ3) is 4.23. The zero-order valence-electron chi connectivity index (χ0n) is 11.9. The van der Waals surface area contributed by atoms with E-state index in [2.05, 4.69) is 11.4 Å². The molecule has 21 heavy (non-hydrogen) atoms. The summed E-state index contributed by atoms with van der Waals surface area (Å²) >= 11 is 0. The Balaban J connectivity index is 1.84. The number of hydrogen-bond acceptors (Lipinski definition) is 4. The molecule has 0 radical (unpaired) electrons. The smallest absolute Gasteiger partial charge is 0.137 e. The first-order valence-electron chi connectivity index (χ1n) is 6.80. The highest BCUT2D eigenvalue weighted by atomic mass is 16.5. The molecule has 1 unspecified atom stereocenters. The van der Waals surface area contributed by atoms with E-state index in [0.29, 0.717) is 17.9 Å². The minimum Gasteiger partial charge on any atom is -0.489 e. The summed E-state index contributed by atoms with van der Waals surface area (Å²) in [6.45, 7) is 2.53. The molecule has 0 saturated carbocycles. The van der Waals surface area contributed by atoms with Crippen molar-refractivity contribution < 1.29 is 9.84 Å². The van der Waals surface area contributed by atoms with E-state index < -0.39 is 6.10 Å². The van der Waals surface area contributed by atoms with Crippen LogP contribution < -0.4 is 10.1 Å². The van der Waals surface area contributed by atoms with Gasteiger partial charge in [-0.25, -0.2) is 0 Å². The van der Waals surface area contributed by atoms with Gasteiger partial charge >= 0.3 is 0 Å². The summed E-state index contributed by atoms with van der Waals surface area (Å²) in [4.78, 5) is 0. The Morgan fingerprint density at radius 1 is 1.19 bits per heavy atom. The lowest BCUT2D eigenvalue weighted by atomic mass is 10.2. The first-order valence-corrected chi connectivity index (χ1v) is 6.80. The van der Waals surface area contributed by atoms with Gasteiger partial charge in [0.15, 0.2) is 0 Å². The number of benzene rings is 2. The molecule has 0 fully saturated rings. The number of nitrogens with zero attached hydrogens (tertiary/aromatic N) is 1. The highest BCUT2D eigenvalue weighted by molar-refractivity contribution is 5.50.